The van der Waals surface area contributed by atoms with E-state index >= 15 is 0 Å². The van der Waals surface area contributed by atoms with Gasteiger partial charge in [-0.2, -0.15) is 0 Å². The third kappa shape index (κ3) is 5.13. The highest BCUT2D eigenvalue weighted by atomic mass is 32.2. The molecule has 6 atom stereocenters. The van der Waals surface area contributed by atoms with Gasteiger partial charge in [0.1, 0.15) is 6.04 Å². The van der Waals surface area contributed by atoms with Crippen molar-refractivity contribution in [1.82, 2.24) is 9.80 Å². The van der Waals surface area contributed by atoms with Crippen molar-refractivity contribution in [3.05, 3.63) is 25.3 Å². The van der Waals surface area contributed by atoms with E-state index in [0.717, 1.165) is 44.9 Å². The number of aliphatic hydroxyl groups is 1. The molecule has 3 saturated heterocycles. The van der Waals surface area contributed by atoms with Gasteiger partial charge in [0.2, 0.25) is 11.8 Å². The Balaban J connectivity index is 1.93. The second-order valence-corrected chi connectivity index (χ2v) is 12.6. The average molecular weight is 521 g/mol. The van der Waals surface area contributed by atoms with Gasteiger partial charge in [-0.05, 0) is 52.4 Å². The highest BCUT2D eigenvalue weighted by molar-refractivity contribution is 8.02. The number of hydrogen-bond donors (Lipinski definition) is 1. The second-order valence-electron chi connectivity index (χ2n) is 10.7. The molecule has 0 aromatic carbocycles. The Morgan fingerprint density at radius 1 is 1.25 bits per heavy atom. The first-order valence-electron chi connectivity index (χ1n) is 13.5. The Kier molecular flexibility index (Phi) is 9.72. The number of nitrogens with zero attached hydrogens (tertiary/aromatic N) is 2. The standard InChI is InChI=1S/C28H44N2O5S/c1-6-9-11-13-18-35-26(34)22-21-24(32)30(20(4)19-31)23(28(21)15-14-27(22,5)36-28)25(33)29(16-8-3)17-12-10-7-2/h6,8,20-23,31H,1,3,7,9-19H2,2,4-5H3/t20-,21+,22+,23?,27-,28?/m1/s1. The number of ether oxygens (including phenoxy) is 1. The molecule has 3 fully saturated rings. The van der Waals surface area contributed by atoms with Crippen LogP contribution < -0.4 is 0 Å². The van der Waals surface area contributed by atoms with E-state index in [4.69, 9.17) is 4.74 Å². The summed E-state index contributed by atoms with van der Waals surface area (Å²) in [6.45, 7) is 14.6. The van der Waals surface area contributed by atoms with E-state index in [-0.39, 0.29) is 24.4 Å². The van der Waals surface area contributed by atoms with Crippen molar-refractivity contribution >= 4 is 29.5 Å². The first-order chi connectivity index (χ1) is 17.2. The first kappa shape index (κ1) is 28.8. The Hall–Kier alpha value is -1.80. The molecule has 0 saturated carbocycles. The van der Waals surface area contributed by atoms with Crippen LogP contribution in [-0.2, 0) is 19.1 Å². The van der Waals surface area contributed by atoms with Crippen LogP contribution in [0, 0.1) is 11.8 Å². The molecule has 2 bridgehead atoms. The third-order valence-electron chi connectivity index (χ3n) is 8.18. The maximum absolute atomic E-state index is 14.1. The number of likely N-dealkylation sites (tertiary alicyclic amines) is 1. The van der Waals surface area contributed by atoms with Crippen LogP contribution in [0.3, 0.4) is 0 Å². The Bertz CT molecular complexity index is 850. The lowest BCUT2D eigenvalue weighted by molar-refractivity contribution is -0.156. The highest BCUT2D eigenvalue weighted by Crippen LogP contribution is 2.71. The van der Waals surface area contributed by atoms with Gasteiger partial charge in [-0.15, -0.1) is 24.9 Å². The SMILES string of the molecule is C=CCCCCOC(=O)[C@@H]1[C@H]2C(=O)N([C@H](C)CO)C(C(=O)N(CC=C)CCCCC)C23CC[C@@]1(C)S3. The van der Waals surface area contributed by atoms with E-state index in [9.17, 15) is 19.5 Å². The van der Waals surface area contributed by atoms with E-state index < -0.39 is 33.4 Å². The Labute approximate surface area is 220 Å². The number of unbranched alkanes of at least 4 members (excludes halogenated alkanes) is 4. The van der Waals surface area contributed by atoms with Crippen LogP contribution in [0.25, 0.3) is 0 Å². The summed E-state index contributed by atoms with van der Waals surface area (Å²) in [5, 5.41) is 10.0. The van der Waals surface area contributed by atoms with E-state index in [1.807, 2.05) is 13.0 Å². The molecule has 36 heavy (non-hydrogen) atoms. The molecular formula is C28H44N2O5S. The molecule has 3 heterocycles. The Morgan fingerprint density at radius 2 is 2.00 bits per heavy atom. The van der Waals surface area contributed by atoms with Gasteiger partial charge < -0.3 is 19.6 Å². The molecule has 3 rings (SSSR count). The minimum atomic E-state index is -0.712. The van der Waals surface area contributed by atoms with Gasteiger partial charge in [-0.3, -0.25) is 14.4 Å². The summed E-state index contributed by atoms with van der Waals surface area (Å²) < 4.78 is 4.56. The number of aliphatic hydroxyl groups excluding tert-OH is 1. The maximum atomic E-state index is 14.1. The Morgan fingerprint density at radius 3 is 2.64 bits per heavy atom. The summed E-state index contributed by atoms with van der Waals surface area (Å²) in [6, 6.07) is -1.23. The van der Waals surface area contributed by atoms with Crippen LogP contribution in [0.5, 0.6) is 0 Å². The van der Waals surface area contributed by atoms with Gasteiger partial charge in [0.15, 0.2) is 0 Å². The predicted molar refractivity (Wildman–Crippen MR) is 143 cm³/mol. The third-order valence-corrected chi connectivity index (χ3v) is 10.2. The molecule has 8 heteroatoms. The lowest BCUT2D eigenvalue weighted by Gasteiger charge is -2.38. The zero-order chi connectivity index (χ0) is 26.5. The largest absolute Gasteiger partial charge is 0.465 e. The molecule has 202 valence electrons. The molecule has 2 amide bonds. The number of thioether (sulfide) groups is 1. The molecule has 3 aliphatic rings. The smallest absolute Gasteiger partial charge is 0.311 e. The van der Waals surface area contributed by atoms with Crippen LogP contribution in [0.15, 0.2) is 25.3 Å². The number of hydrogen-bond acceptors (Lipinski definition) is 6. The van der Waals surface area contributed by atoms with Gasteiger partial charge in [0.25, 0.3) is 0 Å². The molecule has 0 radical (unpaired) electrons. The summed E-state index contributed by atoms with van der Waals surface area (Å²) in [5.41, 5.74) is 0. The van der Waals surface area contributed by atoms with Gasteiger partial charge in [0.05, 0.1) is 35.8 Å². The van der Waals surface area contributed by atoms with Crippen LogP contribution in [0.4, 0.5) is 0 Å². The van der Waals surface area contributed by atoms with Gasteiger partial charge >= 0.3 is 5.97 Å². The average Bonchev–Trinajstić information content (AvgIpc) is 3.43. The minimum absolute atomic E-state index is 0.0997. The maximum Gasteiger partial charge on any atom is 0.311 e. The predicted octanol–water partition coefficient (Wildman–Crippen LogP) is 3.95. The van der Waals surface area contributed by atoms with Gasteiger partial charge in [-0.25, -0.2) is 0 Å². The fraction of sp³-hybridized carbons (Fsp3) is 0.750. The molecular weight excluding hydrogens is 476 g/mol. The normalized spacial score (nSPS) is 31.3. The molecule has 3 aliphatic heterocycles. The first-order valence-corrected chi connectivity index (χ1v) is 14.3. The fourth-order valence-corrected chi connectivity index (χ4v) is 8.71. The van der Waals surface area contributed by atoms with E-state index in [0.29, 0.717) is 26.1 Å². The fourth-order valence-electron chi connectivity index (χ4n) is 6.39. The summed E-state index contributed by atoms with van der Waals surface area (Å²) in [4.78, 5) is 44.9. The van der Waals surface area contributed by atoms with Crippen molar-refractivity contribution in [2.45, 2.75) is 93.7 Å². The molecule has 1 N–H and O–H groups in total. The lowest BCUT2D eigenvalue weighted by atomic mass is 9.66. The topological polar surface area (TPSA) is 87.1 Å². The monoisotopic (exact) mass is 520 g/mol. The van der Waals surface area contributed by atoms with Crippen molar-refractivity contribution < 1.29 is 24.2 Å². The van der Waals surface area contributed by atoms with Crippen LogP contribution >= 0.6 is 11.8 Å². The number of allylic oxidation sites excluding steroid dienone is 1. The van der Waals surface area contributed by atoms with Gasteiger partial charge in [-0.1, -0.05) is 31.9 Å². The minimum Gasteiger partial charge on any atom is -0.465 e. The van der Waals surface area contributed by atoms with Crippen molar-refractivity contribution in [3.8, 4) is 0 Å². The molecule has 0 aromatic heterocycles. The number of fused-ring (bicyclic) bond motifs is 1. The van der Waals surface area contributed by atoms with Crippen LogP contribution in [-0.4, -0.2) is 80.6 Å². The van der Waals surface area contributed by atoms with Crippen LogP contribution in [0.2, 0.25) is 0 Å². The van der Waals surface area contributed by atoms with Crippen molar-refractivity contribution in [2.24, 2.45) is 11.8 Å². The van der Waals surface area contributed by atoms with E-state index in [1.165, 1.54) is 0 Å². The number of carbonyl (C=O) groups is 3. The summed E-state index contributed by atoms with van der Waals surface area (Å²) in [6.07, 6.45) is 10.5. The summed E-state index contributed by atoms with van der Waals surface area (Å²) >= 11 is 1.64. The summed E-state index contributed by atoms with van der Waals surface area (Å²) in [5.74, 6) is -1.85. The van der Waals surface area contributed by atoms with Crippen molar-refractivity contribution in [2.75, 3.05) is 26.3 Å². The number of esters is 1. The summed E-state index contributed by atoms with van der Waals surface area (Å²) in [7, 11) is 0. The molecule has 2 unspecified atom stereocenters. The molecule has 0 aromatic rings. The quantitative estimate of drug-likeness (QED) is 0.200. The number of amides is 2. The highest BCUT2D eigenvalue weighted by Gasteiger charge is 2.78. The molecule has 7 nitrogen and oxygen atoms in total. The van der Waals surface area contributed by atoms with E-state index in [1.54, 1.807) is 34.6 Å². The lowest BCUT2D eigenvalue weighted by Crippen LogP contribution is -2.57. The van der Waals surface area contributed by atoms with E-state index in [2.05, 4.69) is 20.1 Å². The molecule has 1 spiro atoms. The second kappa shape index (κ2) is 12.2. The number of carbonyl (C=O) groups excluding carboxylic acids is 3. The number of rotatable bonds is 15. The van der Waals surface area contributed by atoms with Crippen molar-refractivity contribution in [1.29, 1.82) is 0 Å². The van der Waals surface area contributed by atoms with Gasteiger partial charge in [0, 0.05) is 17.8 Å². The van der Waals surface area contributed by atoms with Crippen LogP contribution in [0.1, 0.15) is 72.1 Å². The van der Waals surface area contributed by atoms with Crippen molar-refractivity contribution in [3.63, 3.8) is 0 Å². The zero-order valence-corrected chi connectivity index (χ0v) is 23.1. The zero-order valence-electron chi connectivity index (χ0n) is 22.2. The molecule has 0 aliphatic carbocycles.